The van der Waals surface area contributed by atoms with E-state index in [1.165, 1.54) is 20.0 Å². The number of amides is 2. The van der Waals surface area contributed by atoms with E-state index in [1.807, 2.05) is 0 Å². The number of nitrogens with one attached hydrogen (secondary N) is 2. The van der Waals surface area contributed by atoms with Gasteiger partial charge in [0.05, 0.1) is 12.5 Å². The molecule has 1 aliphatic rings. The zero-order chi connectivity index (χ0) is 15.0. The van der Waals surface area contributed by atoms with Crippen molar-refractivity contribution in [2.45, 2.75) is 38.3 Å². The summed E-state index contributed by atoms with van der Waals surface area (Å²) in [5, 5.41) is 14.1. The number of rotatable bonds is 8. The topological polar surface area (TPSA) is 90.9 Å². The SMILES string of the molecule is COC(CNC(=O)NCC(C)N1CCCC1)CC(=O)O. The van der Waals surface area contributed by atoms with Gasteiger partial charge in [-0.1, -0.05) is 0 Å². The standard InChI is InChI=1S/C13H25N3O4/c1-10(16-5-3-4-6-16)8-14-13(19)15-9-11(20-2)7-12(17)18/h10-11H,3-9H2,1-2H3,(H,17,18)(H2,14,15,19). The minimum Gasteiger partial charge on any atom is -0.481 e. The first-order valence-corrected chi connectivity index (χ1v) is 7.03. The lowest BCUT2D eigenvalue weighted by Crippen LogP contribution is -2.46. The largest absolute Gasteiger partial charge is 0.481 e. The van der Waals surface area contributed by atoms with Crippen LogP contribution in [0.1, 0.15) is 26.2 Å². The minimum atomic E-state index is -0.943. The summed E-state index contributed by atoms with van der Waals surface area (Å²) < 4.78 is 4.99. The lowest BCUT2D eigenvalue weighted by atomic mass is 10.2. The minimum absolute atomic E-state index is 0.124. The van der Waals surface area contributed by atoms with Crippen molar-refractivity contribution in [1.82, 2.24) is 15.5 Å². The number of ether oxygens (including phenoxy) is 1. The number of hydrogen-bond acceptors (Lipinski definition) is 4. The maximum absolute atomic E-state index is 11.6. The maximum atomic E-state index is 11.6. The van der Waals surface area contributed by atoms with Crippen molar-refractivity contribution in [2.24, 2.45) is 0 Å². The molecule has 0 aliphatic carbocycles. The molecule has 3 N–H and O–H groups in total. The van der Waals surface area contributed by atoms with Gasteiger partial charge in [0.15, 0.2) is 0 Å². The number of methoxy groups -OCH3 is 1. The van der Waals surface area contributed by atoms with Crippen molar-refractivity contribution >= 4 is 12.0 Å². The Labute approximate surface area is 119 Å². The van der Waals surface area contributed by atoms with E-state index >= 15 is 0 Å². The molecule has 20 heavy (non-hydrogen) atoms. The van der Waals surface area contributed by atoms with Crippen LogP contribution in [0.4, 0.5) is 4.79 Å². The van der Waals surface area contributed by atoms with Crippen molar-refractivity contribution in [3.63, 3.8) is 0 Å². The van der Waals surface area contributed by atoms with Crippen molar-refractivity contribution in [1.29, 1.82) is 0 Å². The van der Waals surface area contributed by atoms with Crippen molar-refractivity contribution < 1.29 is 19.4 Å². The number of carboxylic acids is 1. The number of nitrogens with zero attached hydrogens (tertiary/aromatic N) is 1. The van der Waals surface area contributed by atoms with Crippen LogP contribution >= 0.6 is 0 Å². The van der Waals surface area contributed by atoms with E-state index in [2.05, 4.69) is 22.5 Å². The Kier molecular flexibility index (Phi) is 7.32. The van der Waals surface area contributed by atoms with Gasteiger partial charge in [-0.3, -0.25) is 9.69 Å². The Morgan fingerprint density at radius 1 is 1.25 bits per heavy atom. The average Bonchev–Trinajstić information content (AvgIpc) is 2.94. The van der Waals surface area contributed by atoms with Gasteiger partial charge in [0.2, 0.25) is 0 Å². The molecule has 116 valence electrons. The van der Waals surface area contributed by atoms with Crippen LogP contribution in [0.3, 0.4) is 0 Å². The molecule has 0 saturated carbocycles. The van der Waals surface area contributed by atoms with E-state index < -0.39 is 12.1 Å². The van der Waals surface area contributed by atoms with E-state index in [4.69, 9.17) is 9.84 Å². The summed E-state index contributed by atoms with van der Waals surface area (Å²) in [6.07, 6.45) is 1.82. The Morgan fingerprint density at radius 2 is 1.85 bits per heavy atom. The number of urea groups is 1. The number of likely N-dealkylation sites (tertiary alicyclic amines) is 1. The molecule has 0 aromatic rings. The number of aliphatic carboxylic acids is 1. The number of carbonyl (C=O) groups is 2. The third kappa shape index (κ3) is 6.21. The molecule has 7 heteroatoms. The van der Waals surface area contributed by atoms with Crippen LogP contribution in [0, 0.1) is 0 Å². The van der Waals surface area contributed by atoms with Crippen molar-refractivity contribution in [3.05, 3.63) is 0 Å². The summed E-state index contributed by atoms with van der Waals surface area (Å²) in [4.78, 5) is 24.5. The number of carboxylic acid groups (broad SMARTS) is 1. The van der Waals surface area contributed by atoms with Gasteiger partial charge in [-0.15, -0.1) is 0 Å². The molecule has 1 fully saturated rings. The summed E-state index contributed by atoms with van der Waals surface area (Å²) in [7, 11) is 1.43. The highest BCUT2D eigenvalue weighted by molar-refractivity contribution is 5.74. The van der Waals surface area contributed by atoms with Crippen LogP contribution in [0.25, 0.3) is 0 Å². The number of hydrogen-bond donors (Lipinski definition) is 3. The summed E-state index contributed by atoms with van der Waals surface area (Å²) in [5.74, 6) is -0.943. The Morgan fingerprint density at radius 3 is 2.40 bits per heavy atom. The second kappa shape index (κ2) is 8.76. The Bertz CT molecular complexity index is 319. The molecule has 0 spiro atoms. The normalized spacial score (nSPS) is 18.5. The van der Waals surface area contributed by atoms with Gasteiger partial charge in [0.1, 0.15) is 0 Å². The van der Waals surface area contributed by atoms with Crippen molar-refractivity contribution in [3.8, 4) is 0 Å². The lowest BCUT2D eigenvalue weighted by molar-refractivity contribution is -0.139. The summed E-state index contributed by atoms with van der Waals surface area (Å²) in [6, 6.07) is 0.0315. The molecular weight excluding hydrogens is 262 g/mol. The zero-order valence-corrected chi connectivity index (χ0v) is 12.2. The monoisotopic (exact) mass is 287 g/mol. The van der Waals surface area contributed by atoms with Crippen LogP contribution < -0.4 is 10.6 Å². The highest BCUT2D eigenvalue weighted by Crippen LogP contribution is 2.10. The van der Waals surface area contributed by atoms with Crippen LogP contribution in [-0.2, 0) is 9.53 Å². The summed E-state index contributed by atoms with van der Waals surface area (Å²) in [5.41, 5.74) is 0. The molecule has 0 bridgehead atoms. The Hall–Kier alpha value is -1.34. The summed E-state index contributed by atoms with van der Waals surface area (Å²) >= 11 is 0. The average molecular weight is 287 g/mol. The highest BCUT2D eigenvalue weighted by atomic mass is 16.5. The van der Waals surface area contributed by atoms with Crippen LogP contribution in [0.15, 0.2) is 0 Å². The Balaban J connectivity index is 2.17. The highest BCUT2D eigenvalue weighted by Gasteiger charge is 2.18. The van der Waals surface area contributed by atoms with Crippen LogP contribution in [0.5, 0.6) is 0 Å². The van der Waals surface area contributed by atoms with E-state index in [0.717, 1.165) is 13.1 Å². The van der Waals surface area contributed by atoms with Gasteiger partial charge in [0.25, 0.3) is 0 Å². The number of carbonyl (C=O) groups excluding carboxylic acids is 1. The quantitative estimate of drug-likeness (QED) is 0.596. The van der Waals surface area contributed by atoms with E-state index in [0.29, 0.717) is 12.6 Å². The first-order chi connectivity index (χ1) is 9.52. The fourth-order valence-corrected chi connectivity index (χ4v) is 2.25. The van der Waals surface area contributed by atoms with Crippen LogP contribution in [-0.4, -0.2) is 67.4 Å². The third-order valence-corrected chi connectivity index (χ3v) is 3.55. The maximum Gasteiger partial charge on any atom is 0.314 e. The van der Waals surface area contributed by atoms with Gasteiger partial charge in [0, 0.05) is 26.2 Å². The molecule has 0 aromatic carbocycles. The molecular formula is C13H25N3O4. The van der Waals surface area contributed by atoms with Crippen molar-refractivity contribution in [2.75, 3.05) is 33.3 Å². The summed E-state index contributed by atoms with van der Waals surface area (Å²) in [6.45, 7) is 5.05. The molecule has 0 aromatic heterocycles. The van der Waals surface area contributed by atoms with Gasteiger partial charge >= 0.3 is 12.0 Å². The van der Waals surface area contributed by atoms with Gasteiger partial charge in [-0.2, -0.15) is 0 Å². The van der Waals surface area contributed by atoms with Crippen LogP contribution in [0.2, 0.25) is 0 Å². The molecule has 0 radical (unpaired) electrons. The lowest BCUT2D eigenvalue weighted by Gasteiger charge is -2.24. The van der Waals surface area contributed by atoms with E-state index in [9.17, 15) is 9.59 Å². The molecule has 1 saturated heterocycles. The molecule has 2 atom stereocenters. The van der Waals surface area contributed by atoms with Gasteiger partial charge < -0.3 is 20.5 Å². The van der Waals surface area contributed by atoms with E-state index in [-0.39, 0.29) is 19.0 Å². The van der Waals surface area contributed by atoms with Gasteiger partial charge in [-0.05, 0) is 32.9 Å². The predicted molar refractivity (Wildman–Crippen MR) is 74.7 cm³/mol. The third-order valence-electron chi connectivity index (χ3n) is 3.55. The fourth-order valence-electron chi connectivity index (χ4n) is 2.25. The molecule has 2 unspecified atom stereocenters. The molecule has 2 amide bonds. The zero-order valence-electron chi connectivity index (χ0n) is 12.2. The molecule has 1 heterocycles. The molecule has 1 aliphatic heterocycles. The fraction of sp³-hybridized carbons (Fsp3) is 0.846. The smallest absolute Gasteiger partial charge is 0.314 e. The molecule has 7 nitrogen and oxygen atoms in total. The van der Waals surface area contributed by atoms with E-state index in [1.54, 1.807) is 0 Å². The second-order valence-corrected chi connectivity index (χ2v) is 5.14. The second-order valence-electron chi connectivity index (χ2n) is 5.14. The first-order valence-electron chi connectivity index (χ1n) is 7.03. The predicted octanol–water partition coefficient (Wildman–Crippen LogP) is 0.260. The molecule has 1 rings (SSSR count). The first kappa shape index (κ1) is 16.7. The van der Waals surface area contributed by atoms with Gasteiger partial charge in [-0.25, -0.2) is 4.79 Å².